The Morgan fingerprint density at radius 2 is 1.86 bits per heavy atom. The van der Waals surface area contributed by atoms with Crippen LogP contribution in [0.3, 0.4) is 0 Å². The van der Waals surface area contributed by atoms with Gasteiger partial charge in [0.25, 0.3) is 0 Å². The molecular formula is C21H21AsCl2N2O3. The van der Waals surface area contributed by atoms with Gasteiger partial charge in [0.05, 0.1) is 0 Å². The first-order valence-electron chi connectivity index (χ1n) is 8.68. The molecule has 0 unspecified atom stereocenters. The van der Waals surface area contributed by atoms with Gasteiger partial charge >= 0.3 is 188 Å². The summed E-state index contributed by atoms with van der Waals surface area (Å²) >= 11 is 11.9. The van der Waals surface area contributed by atoms with Gasteiger partial charge in [0.15, 0.2) is 0 Å². The molecule has 0 atom stereocenters. The predicted octanol–water partition coefficient (Wildman–Crippen LogP) is 4.13. The van der Waals surface area contributed by atoms with Crippen LogP contribution >= 0.6 is 23.2 Å². The fraction of sp³-hybridized carbons (Fsp3) is 0.190. The standard InChI is InChI=1S/C21H21AsCl2N2O3/c1-14(11-12-17-18(23)9-6-10-19(17)24)22-29-13-15-7-4-5-8-16(15)20(26-28-3)21(27)25-2/h4-12H,13H2,1-3H3,(H,25,27). The number of carbonyl (C=O) groups is 1. The van der Waals surface area contributed by atoms with Crippen LogP contribution in [0.4, 0.5) is 0 Å². The zero-order chi connectivity index (χ0) is 21.2. The van der Waals surface area contributed by atoms with Gasteiger partial charge in [0.1, 0.15) is 0 Å². The number of benzene rings is 2. The van der Waals surface area contributed by atoms with E-state index in [1.165, 1.54) is 7.11 Å². The average molecular weight is 495 g/mol. The molecule has 0 aliphatic carbocycles. The monoisotopic (exact) mass is 494 g/mol. The summed E-state index contributed by atoms with van der Waals surface area (Å²) in [6.07, 6.45) is 3.85. The van der Waals surface area contributed by atoms with E-state index in [-0.39, 0.29) is 11.6 Å². The number of rotatable bonds is 8. The van der Waals surface area contributed by atoms with Crippen LogP contribution in [0.15, 0.2) is 53.7 Å². The first-order valence-corrected chi connectivity index (χ1v) is 11.1. The number of oxime groups is 1. The summed E-state index contributed by atoms with van der Waals surface area (Å²) in [5, 5.41) is 7.64. The summed E-state index contributed by atoms with van der Waals surface area (Å²) in [4.78, 5) is 16.9. The number of allylic oxidation sites excluding steroid dienone is 1. The van der Waals surface area contributed by atoms with Crippen molar-refractivity contribution < 1.29 is 13.4 Å². The van der Waals surface area contributed by atoms with Crippen LogP contribution in [0.1, 0.15) is 23.6 Å². The molecule has 29 heavy (non-hydrogen) atoms. The van der Waals surface area contributed by atoms with Crippen molar-refractivity contribution in [3.8, 4) is 0 Å². The van der Waals surface area contributed by atoms with Gasteiger partial charge in [-0.25, -0.2) is 0 Å². The maximum absolute atomic E-state index is 12.1. The molecule has 0 aliphatic rings. The number of halogens is 2. The number of nitrogens with zero attached hydrogens (tertiary/aromatic N) is 1. The van der Waals surface area contributed by atoms with Gasteiger partial charge in [-0.1, -0.05) is 0 Å². The van der Waals surface area contributed by atoms with E-state index in [0.717, 1.165) is 15.4 Å². The Hall–Kier alpha value is -1.91. The molecule has 0 radical (unpaired) electrons. The average Bonchev–Trinajstić information content (AvgIpc) is 2.71. The Morgan fingerprint density at radius 3 is 2.52 bits per heavy atom. The minimum atomic E-state index is -0.511. The van der Waals surface area contributed by atoms with Crippen molar-refractivity contribution in [3.05, 3.63) is 75.3 Å². The zero-order valence-electron chi connectivity index (χ0n) is 16.3. The number of likely N-dealkylation sites (N-methyl/N-ethyl adjacent to an activating group) is 1. The van der Waals surface area contributed by atoms with Crippen molar-refractivity contribution in [1.82, 2.24) is 5.32 Å². The van der Waals surface area contributed by atoms with Crippen LogP contribution in [-0.2, 0) is 20.0 Å². The van der Waals surface area contributed by atoms with E-state index < -0.39 is 15.7 Å². The summed E-state index contributed by atoms with van der Waals surface area (Å²) in [7, 11) is 2.95. The number of amides is 1. The first kappa shape index (κ1) is 23.4. The van der Waals surface area contributed by atoms with Crippen molar-refractivity contribution in [2.45, 2.75) is 13.5 Å². The second-order valence-electron chi connectivity index (χ2n) is 5.83. The Balaban J connectivity index is 2.13. The van der Waals surface area contributed by atoms with Crippen LogP contribution < -0.4 is 5.32 Å². The van der Waals surface area contributed by atoms with Gasteiger partial charge in [-0.2, -0.15) is 0 Å². The third-order valence-corrected chi connectivity index (χ3v) is 5.93. The predicted molar refractivity (Wildman–Crippen MR) is 121 cm³/mol. The second kappa shape index (κ2) is 11.9. The van der Waals surface area contributed by atoms with Gasteiger partial charge < -0.3 is 0 Å². The molecule has 0 spiro atoms. The number of hydrogen-bond donors (Lipinski definition) is 1. The fourth-order valence-electron chi connectivity index (χ4n) is 2.41. The summed E-state index contributed by atoms with van der Waals surface area (Å²) < 4.78 is 7.01. The molecule has 0 bridgehead atoms. The van der Waals surface area contributed by atoms with Gasteiger partial charge in [0, 0.05) is 0 Å². The van der Waals surface area contributed by atoms with E-state index in [0.29, 0.717) is 22.2 Å². The molecule has 0 fully saturated rings. The minimum absolute atomic E-state index is 0.208. The number of hydrogen-bond acceptors (Lipinski definition) is 4. The van der Waals surface area contributed by atoms with E-state index in [2.05, 4.69) is 10.5 Å². The number of nitrogens with one attached hydrogen (secondary N) is 1. The van der Waals surface area contributed by atoms with E-state index in [1.54, 1.807) is 19.2 Å². The van der Waals surface area contributed by atoms with Gasteiger partial charge in [-0.3, -0.25) is 0 Å². The Labute approximate surface area is 187 Å². The molecule has 5 nitrogen and oxygen atoms in total. The molecule has 152 valence electrons. The Kier molecular flexibility index (Phi) is 9.62. The molecule has 0 aliphatic heterocycles. The molecule has 2 aromatic rings. The van der Waals surface area contributed by atoms with E-state index in [4.69, 9.17) is 31.8 Å². The molecule has 0 saturated heterocycles. The Bertz CT molecular complexity index is 938. The number of carbonyl (C=O) groups excluding carboxylic acids is 1. The van der Waals surface area contributed by atoms with Crippen LogP contribution in [0.2, 0.25) is 10.0 Å². The summed E-state index contributed by atoms with van der Waals surface area (Å²) in [6, 6.07) is 12.9. The topological polar surface area (TPSA) is 59.9 Å². The van der Waals surface area contributed by atoms with E-state index in [1.807, 2.05) is 49.4 Å². The van der Waals surface area contributed by atoms with Crippen molar-refractivity contribution in [3.63, 3.8) is 0 Å². The SMILES string of the molecule is CNC(=O)C(=NOC)c1ccccc1CO[As]=C(C)C=Cc1c(Cl)cccc1Cl. The molecule has 2 aromatic carbocycles. The van der Waals surface area contributed by atoms with Crippen LogP contribution in [0.5, 0.6) is 0 Å². The van der Waals surface area contributed by atoms with Gasteiger partial charge in [0.2, 0.25) is 0 Å². The van der Waals surface area contributed by atoms with Gasteiger partial charge in [-0.15, -0.1) is 0 Å². The quantitative estimate of drug-likeness (QED) is 0.341. The molecular weight excluding hydrogens is 474 g/mol. The van der Waals surface area contributed by atoms with Crippen molar-refractivity contribution >= 4 is 60.9 Å². The molecule has 1 N–H and O–H groups in total. The zero-order valence-corrected chi connectivity index (χ0v) is 19.7. The second-order valence-corrected chi connectivity index (χ2v) is 9.05. The summed E-state index contributed by atoms with van der Waals surface area (Å²) in [6.45, 7) is 2.35. The summed E-state index contributed by atoms with van der Waals surface area (Å²) in [5.41, 5.74) is 2.52. The maximum atomic E-state index is 12.1. The normalized spacial score (nSPS) is 12.3. The summed E-state index contributed by atoms with van der Waals surface area (Å²) in [5.74, 6) is -0.324. The molecule has 2 rings (SSSR count). The van der Waals surface area contributed by atoms with Crippen LogP contribution in [0, 0.1) is 0 Å². The van der Waals surface area contributed by atoms with Crippen LogP contribution in [-0.4, -0.2) is 45.7 Å². The Morgan fingerprint density at radius 1 is 1.17 bits per heavy atom. The van der Waals surface area contributed by atoms with Crippen LogP contribution in [0.25, 0.3) is 6.08 Å². The van der Waals surface area contributed by atoms with Gasteiger partial charge in [-0.05, 0) is 0 Å². The fourth-order valence-corrected chi connectivity index (χ4v) is 4.07. The van der Waals surface area contributed by atoms with Crippen molar-refractivity contribution in [2.24, 2.45) is 5.16 Å². The van der Waals surface area contributed by atoms with Crippen molar-refractivity contribution in [1.29, 1.82) is 0 Å². The molecule has 0 aromatic heterocycles. The van der Waals surface area contributed by atoms with E-state index >= 15 is 0 Å². The first-order chi connectivity index (χ1) is 14.0. The third kappa shape index (κ3) is 6.83. The molecule has 0 heterocycles. The molecule has 0 saturated carbocycles. The molecule has 8 heteroatoms. The van der Waals surface area contributed by atoms with E-state index in [9.17, 15) is 4.79 Å². The molecule has 1 amide bonds. The van der Waals surface area contributed by atoms with Crippen molar-refractivity contribution in [2.75, 3.05) is 14.2 Å². The third-order valence-electron chi connectivity index (χ3n) is 3.82.